The smallest absolute Gasteiger partial charge is 0.339 e. The maximum absolute atomic E-state index is 12.0. The minimum absolute atomic E-state index is 0.161. The van der Waals surface area contributed by atoms with Gasteiger partial charge in [-0.1, -0.05) is 18.0 Å². The Hall–Kier alpha value is -1.40. The standard InChI is InChI=1S/C10H11F3N2O2/c11-10(12,13)7(16)5-8-14-9(15-17-8)6-3-1-2-4-6/h6H,1-5H2. The van der Waals surface area contributed by atoms with Crippen LogP contribution in [0.2, 0.25) is 0 Å². The molecule has 17 heavy (non-hydrogen) atoms. The van der Waals surface area contributed by atoms with Crippen molar-refractivity contribution < 1.29 is 22.5 Å². The molecule has 1 aliphatic rings. The monoisotopic (exact) mass is 248 g/mol. The van der Waals surface area contributed by atoms with Crippen molar-refractivity contribution in [3.05, 3.63) is 11.7 Å². The van der Waals surface area contributed by atoms with Gasteiger partial charge in [0.2, 0.25) is 11.7 Å². The number of Topliss-reactive ketones (excluding diaryl/α,β-unsaturated/α-hetero) is 1. The van der Waals surface area contributed by atoms with Gasteiger partial charge < -0.3 is 4.52 Å². The van der Waals surface area contributed by atoms with E-state index >= 15 is 0 Å². The molecule has 0 atom stereocenters. The molecule has 0 aromatic carbocycles. The molecule has 0 unspecified atom stereocenters. The Balaban J connectivity index is 2.01. The van der Waals surface area contributed by atoms with Crippen LogP contribution in [-0.4, -0.2) is 22.1 Å². The molecule has 2 rings (SSSR count). The summed E-state index contributed by atoms with van der Waals surface area (Å²) in [4.78, 5) is 14.6. The van der Waals surface area contributed by atoms with Gasteiger partial charge in [-0.3, -0.25) is 4.79 Å². The summed E-state index contributed by atoms with van der Waals surface area (Å²) in [7, 11) is 0. The van der Waals surface area contributed by atoms with Crippen molar-refractivity contribution in [2.75, 3.05) is 0 Å². The molecule has 1 aromatic rings. The predicted molar refractivity (Wildman–Crippen MR) is 50.3 cm³/mol. The number of carbonyl (C=O) groups excluding carboxylic acids is 1. The highest BCUT2D eigenvalue weighted by molar-refractivity contribution is 5.85. The van der Waals surface area contributed by atoms with E-state index in [1.165, 1.54) is 0 Å². The molecule has 1 aliphatic carbocycles. The number of hydrogen-bond acceptors (Lipinski definition) is 4. The number of rotatable bonds is 3. The van der Waals surface area contributed by atoms with E-state index in [9.17, 15) is 18.0 Å². The minimum atomic E-state index is -4.85. The molecular weight excluding hydrogens is 237 g/mol. The minimum Gasteiger partial charge on any atom is -0.339 e. The Kier molecular flexibility index (Phi) is 3.17. The van der Waals surface area contributed by atoms with E-state index in [1.54, 1.807) is 0 Å². The molecule has 94 valence electrons. The molecule has 0 radical (unpaired) electrons. The molecular formula is C10H11F3N2O2. The van der Waals surface area contributed by atoms with Crippen LogP contribution in [0.3, 0.4) is 0 Å². The fraction of sp³-hybridized carbons (Fsp3) is 0.700. The Morgan fingerprint density at radius 2 is 2.00 bits per heavy atom. The SMILES string of the molecule is O=C(Cc1nc(C2CCCC2)no1)C(F)(F)F. The zero-order chi connectivity index (χ0) is 12.5. The van der Waals surface area contributed by atoms with Crippen LogP contribution in [0.15, 0.2) is 4.52 Å². The highest BCUT2D eigenvalue weighted by atomic mass is 19.4. The second kappa shape index (κ2) is 4.46. The number of halogens is 3. The van der Waals surface area contributed by atoms with E-state index in [-0.39, 0.29) is 11.8 Å². The number of ketones is 1. The third kappa shape index (κ3) is 2.83. The maximum atomic E-state index is 12.0. The largest absolute Gasteiger partial charge is 0.450 e. The molecule has 1 fully saturated rings. The van der Waals surface area contributed by atoms with Gasteiger partial charge in [-0.2, -0.15) is 18.2 Å². The van der Waals surface area contributed by atoms with Crippen LogP contribution in [0.4, 0.5) is 13.2 Å². The van der Waals surface area contributed by atoms with Crippen molar-refractivity contribution in [1.29, 1.82) is 0 Å². The lowest BCUT2D eigenvalue weighted by atomic mass is 10.1. The Labute approximate surface area is 95.2 Å². The zero-order valence-corrected chi connectivity index (χ0v) is 8.96. The van der Waals surface area contributed by atoms with E-state index in [0.717, 1.165) is 25.7 Å². The Morgan fingerprint density at radius 1 is 1.35 bits per heavy atom. The Morgan fingerprint density at radius 3 is 2.59 bits per heavy atom. The Bertz CT molecular complexity index is 408. The number of nitrogens with zero attached hydrogens (tertiary/aromatic N) is 2. The average molecular weight is 248 g/mol. The lowest BCUT2D eigenvalue weighted by Crippen LogP contribution is -2.24. The van der Waals surface area contributed by atoms with Gasteiger partial charge in [-0.05, 0) is 12.8 Å². The first kappa shape index (κ1) is 12.1. The van der Waals surface area contributed by atoms with Crippen LogP contribution in [0.5, 0.6) is 0 Å². The molecule has 0 spiro atoms. The zero-order valence-electron chi connectivity index (χ0n) is 8.96. The number of carbonyl (C=O) groups is 1. The molecule has 0 N–H and O–H groups in total. The van der Waals surface area contributed by atoms with E-state index in [1.807, 2.05) is 0 Å². The van der Waals surface area contributed by atoms with Crippen LogP contribution in [0.1, 0.15) is 43.3 Å². The van der Waals surface area contributed by atoms with Gasteiger partial charge in [-0.15, -0.1) is 0 Å². The van der Waals surface area contributed by atoms with Crippen molar-refractivity contribution in [2.24, 2.45) is 0 Å². The number of hydrogen-bond donors (Lipinski definition) is 0. The number of aromatic nitrogens is 2. The first-order valence-corrected chi connectivity index (χ1v) is 5.39. The van der Waals surface area contributed by atoms with E-state index < -0.39 is 18.4 Å². The van der Waals surface area contributed by atoms with Gasteiger partial charge >= 0.3 is 6.18 Å². The van der Waals surface area contributed by atoms with Crippen LogP contribution in [0, 0.1) is 0 Å². The molecule has 0 amide bonds. The normalized spacial score (nSPS) is 17.6. The summed E-state index contributed by atoms with van der Waals surface area (Å²) in [6.45, 7) is 0. The van der Waals surface area contributed by atoms with E-state index in [0.29, 0.717) is 5.82 Å². The summed E-state index contributed by atoms with van der Waals surface area (Å²) >= 11 is 0. The van der Waals surface area contributed by atoms with Gasteiger partial charge in [-0.25, -0.2) is 0 Å². The third-order valence-electron chi connectivity index (χ3n) is 2.83. The highest BCUT2D eigenvalue weighted by Gasteiger charge is 2.39. The fourth-order valence-electron chi connectivity index (χ4n) is 1.93. The van der Waals surface area contributed by atoms with Crippen LogP contribution in [-0.2, 0) is 11.2 Å². The molecule has 1 aromatic heterocycles. The molecule has 0 aliphatic heterocycles. The topological polar surface area (TPSA) is 56.0 Å². The van der Waals surface area contributed by atoms with Gasteiger partial charge in [0, 0.05) is 5.92 Å². The lowest BCUT2D eigenvalue weighted by molar-refractivity contribution is -0.170. The summed E-state index contributed by atoms with van der Waals surface area (Å²) < 4.78 is 40.7. The molecule has 1 saturated carbocycles. The summed E-state index contributed by atoms with van der Waals surface area (Å²) in [6.07, 6.45) is -1.74. The van der Waals surface area contributed by atoms with E-state index in [2.05, 4.69) is 14.7 Å². The van der Waals surface area contributed by atoms with Crippen LogP contribution >= 0.6 is 0 Å². The van der Waals surface area contributed by atoms with Crippen molar-refractivity contribution in [1.82, 2.24) is 10.1 Å². The van der Waals surface area contributed by atoms with Crippen LogP contribution in [0.25, 0.3) is 0 Å². The lowest BCUT2D eigenvalue weighted by Gasteiger charge is -2.01. The quantitative estimate of drug-likeness (QED) is 0.824. The van der Waals surface area contributed by atoms with Crippen molar-refractivity contribution >= 4 is 5.78 Å². The van der Waals surface area contributed by atoms with Gasteiger partial charge in [0.05, 0.1) is 6.42 Å². The second-order valence-corrected chi connectivity index (χ2v) is 4.13. The van der Waals surface area contributed by atoms with Crippen molar-refractivity contribution in [3.8, 4) is 0 Å². The molecule has 1 heterocycles. The average Bonchev–Trinajstić information content (AvgIpc) is 2.83. The first-order chi connectivity index (χ1) is 7.97. The van der Waals surface area contributed by atoms with Gasteiger partial charge in [0.1, 0.15) is 0 Å². The summed E-state index contributed by atoms with van der Waals surface area (Å²) in [5.41, 5.74) is 0. The molecule has 7 heteroatoms. The van der Waals surface area contributed by atoms with Gasteiger partial charge in [0.25, 0.3) is 0 Å². The predicted octanol–water partition coefficient (Wildman–Crippen LogP) is 2.40. The fourth-order valence-corrected chi connectivity index (χ4v) is 1.93. The third-order valence-corrected chi connectivity index (χ3v) is 2.83. The molecule has 0 saturated heterocycles. The van der Waals surface area contributed by atoms with Crippen molar-refractivity contribution in [2.45, 2.75) is 44.2 Å². The van der Waals surface area contributed by atoms with Gasteiger partial charge in [0.15, 0.2) is 5.82 Å². The summed E-state index contributed by atoms with van der Waals surface area (Å²) in [6, 6.07) is 0. The maximum Gasteiger partial charge on any atom is 0.450 e. The second-order valence-electron chi connectivity index (χ2n) is 4.13. The molecule has 0 bridgehead atoms. The summed E-state index contributed by atoms with van der Waals surface area (Å²) in [5, 5.41) is 3.63. The number of alkyl halides is 3. The van der Waals surface area contributed by atoms with Crippen molar-refractivity contribution in [3.63, 3.8) is 0 Å². The molecule has 4 nitrogen and oxygen atoms in total. The van der Waals surface area contributed by atoms with E-state index in [4.69, 9.17) is 0 Å². The van der Waals surface area contributed by atoms with Crippen LogP contribution < -0.4 is 0 Å². The highest BCUT2D eigenvalue weighted by Crippen LogP contribution is 2.32. The first-order valence-electron chi connectivity index (χ1n) is 5.39. The summed E-state index contributed by atoms with van der Waals surface area (Å²) in [5.74, 6) is -1.53.